The largest absolute Gasteiger partial charge is 0.493 e. The second kappa shape index (κ2) is 9.53. The van der Waals surface area contributed by atoms with Gasteiger partial charge in [-0.1, -0.05) is 19.9 Å². The normalized spacial score (nSPS) is 16.9. The lowest BCUT2D eigenvalue weighted by atomic mass is 10.1. The van der Waals surface area contributed by atoms with Gasteiger partial charge in [-0.15, -0.1) is 0 Å². The number of methoxy groups -OCH3 is 1. The van der Waals surface area contributed by atoms with E-state index in [9.17, 15) is 18.4 Å². The Kier molecular flexibility index (Phi) is 7.38. The van der Waals surface area contributed by atoms with Gasteiger partial charge in [0.1, 0.15) is 0 Å². The zero-order valence-corrected chi connectivity index (χ0v) is 15.8. The minimum absolute atomic E-state index is 0.0169. The molecule has 1 unspecified atom stereocenters. The van der Waals surface area contributed by atoms with E-state index in [1.54, 1.807) is 17.0 Å². The van der Waals surface area contributed by atoms with Gasteiger partial charge in [-0.05, 0) is 30.0 Å². The summed E-state index contributed by atoms with van der Waals surface area (Å²) < 4.78 is 34.1. The highest BCUT2D eigenvalue weighted by Gasteiger charge is 2.34. The maximum absolute atomic E-state index is 12.3. The Morgan fingerprint density at radius 2 is 2.07 bits per heavy atom. The molecule has 1 N–H and O–H groups in total. The Labute approximate surface area is 157 Å². The number of alkyl halides is 2. The third kappa shape index (κ3) is 6.08. The molecule has 0 aliphatic carbocycles. The number of halogens is 2. The smallest absolute Gasteiger partial charge is 0.387 e. The van der Waals surface area contributed by atoms with Crippen LogP contribution in [0, 0.1) is 11.8 Å². The van der Waals surface area contributed by atoms with Crippen LogP contribution in [0.2, 0.25) is 0 Å². The first-order valence-electron chi connectivity index (χ1n) is 8.97. The number of hydrogen-bond donors (Lipinski definition) is 1. The van der Waals surface area contributed by atoms with Crippen LogP contribution < -0.4 is 14.8 Å². The predicted octanol–water partition coefficient (Wildman–Crippen LogP) is 2.46. The van der Waals surface area contributed by atoms with Crippen molar-refractivity contribution >= 4 is 11.8 Å². The van der Waals surface area contributed by atoms with Crippen LogP contribution >= 0.6 is 0 Å². The summed E-state index contributed by atoms with van der Waals surface area (Å²) in [6, 6.07) is 4.67. The molecule has 1 fully saturated rings. The Balaban J connectivity index is 1.84. The number of nitrogens with one attached hydrogen (secondary N) is 1. The SMILES string of the molecule is COc1cc(CCNC(=O)C2CC(=O)N(CC(C)C)C2)ccc1OC(F)F. The maximum atomic E-state index is 12.3. The van der Waals surface area contributed by atoms with Crippen LogP contribution in [0.5, 0.6) is 11.5 Å². The lowest BCUT2D eigenvalue weighted by Crippen LogP contribution is -2.35. The van der Waals surface area contributed by atoms with E-state index in [2.05, 4.69) is 10.1 Å². The van der Waals surface area contributed by atoms with E-state index in [1.807, 2.05) is 13.8 Å². The van der Waals surface area contributed by atoms with Gasteiger partial charge in [-0.25, -0.2) is 0 Å². The number of carbonyl (C=O) groups is 2. The fourth-order valence-corrected chi connectivity index (χ4v) is 3.10. The van der Waals surface area contributed by atoms with E-state index < -0.39 is 6.61 Å². The number of benzene rings is 1. The van der Waals surface area contributed by atoms with Crippen molar-refractivity contribution < 1.29 is 27.8 Å². The molecular formula is C19H26F2N2O4. The summed E-state index contributed by atoms with van der Waals surface area (Å²) in [5, 5.41) is 2.84. The Bertz CT molecular complexity index is 667. The molecule has 1 aliphatic rings. The fraction of sp³-hybridized carbons (Fsp3) is 0.579. The van der Waals surface area contributed by atoms with E-state index in [0.29, 0.717) is 32.0 Å². The molecule has 0 radical (unpaired) electrons. The molecule has 2 rings (SSSR count). The van der Waals surface area contributed by atoms with Crippen molar-refractivity contribution in [2.45, 2.75) is 33.3 Å². The van der Waals surface area contributed by atoms with Gasteiger partial charge in [0.05, 0.1) is 13.0 Å². The third-order valence-corrected chi connectivity index (χ3v) is 4.33. The van der Waals surface area contributed by atoms with Gasteiger partial charge in [0, 0.05) is 26.1 Å². The fourth-order valence-electron chi connectivity index (χ4n) is 3.10. The Morgan fingerprint density at radius 3 is 2.70 bits per heavy atom. The van der Waals surface area contributed by atoms with Gasteiger partial charge in [-0.3, -0.25) is 9.59 Å². The molecule has 1 aliphatic heterocycles. The summed E-state index contributed by atoms with van der Waals surface area (Å²) in [6.45, 7) is 2.64. The number of hydrogen-bond acceptors (Lipinski definition) is 4. The average Bonchev–Trinajstić information content (AvgIpc) is 2.95. The van der Waals surface area contributed by atoms with Gasteiger partial charge in [0.2, 0.25) is 11.8 Å². The predicted molar refractivity (Wildman–Crippen MR) is 95.9 cm³/mol. The zero-order chi connectivity index (χ0) is 20.0. The summed E-state index contributed by atoms with van der Waals surface area (Å²) in [7, 11) is 1.37. The summed E-state index contributed by atoms with van der Waals surface area (Å²) in [5.74, 6) is 0.0950. The van der Waals surface area contributed by atoms with Gasteiger partial charge in [0.25, 0.3) is 0 Å². The Morgan fingerprint density at radius 1 is 1.33 bits per heavy atom. The molecule has 0 saturated carbocycles. The van der Waals surface area contributed by atoms with Crippen molar-refractivity contribution in [2.24, 2.45) is 11.8 Å². The molecule has 0 aromatic heterocycles. The molecule has 1 aromatic rings. The molecule has 2 amide bonds. The second-order valence-corrected chi connectivity index (χ2v) is 7.00. The molecule has 1 aromatic carbocycles. The molecule has 1 saturated heterocycles. The van der Waals surface area contributed by atoms with Gasteiger partial charge < -0.3 is 19.7 Å². The van der Waals surface area contributed by atoms with Gasteiger partial charge in [0.15, 0.2) is 11.5 Å². The van der Waals surface area contributed by atoms with Crippen LogP contribution in [-0.2, 0) is 16.0 Å². The van der Waals surface area contributed by atoms with E-state index in [1.165, 1.54) is 13.2 Å². The van der Waals surface area contributed by atoms with Crippen LogP contribution in [0.4, 0.5) is 8.78 Å². The minimum Gasteiger partial charge on any atom is -0.493 e. The molecule has 6 nitrogen and oxygen atoms in total. The highest BCUT2D eigenvalue weighted by Crippen LogP contribution is 2.29. The number of ether oxygens (including phenoxy) is 2. The summed E-state index contributed by atoms with van der Waals surface area (Å²) in [4.78, 5) is 26.0. The van der Waals surface area contributed by atoms with Crippen LogP contribution in [0.3, 0.4) is 0 Å². The topological polar surface area (TPSA) is 67.9 Å². The molecule has 1 heterocycles. The zero-order valence-electron chi connectivity index (χ0n) is 15.8. The molecule has 0 bridgehead atoms. The minimum atomic E-state index is -2.92. The lowest BCUT2D eigenvalue weighted by molar-refractivity contribution is -0.129. The van der Waals surface area contributed by atoms with Crippen molar-refractivity contribution in [1.82, 2.24) is 10.2 Å². The van der Waals surface area contributed by atoms with Crippen molar-refractivity contribution in [1.29, 1.82) is 0 Å². The van der Waals surface area contributed by atoms with Crippen LogP contribution in [-0.4, -0.2) is 50.1 Å². The highest BCUT2D eigenvalue weighted by atomic mass is 19.3. The first-order chi connectivity index (χ1) is 12.8. The Hall–Kier alpha value is -2.38. The first-order valence-corrected chi connectivity index (χ1v) is 8.97. The van der Waals surface area contributed by atoms with E-state index in [-0.39, 0.29) is 35.7 Å². The summed E-state index contributed by atoms with van der Waals surface area (Å²) >= 11 is 0. The van der Waals surface area contributed by atoms with Gasteiger partial charge >= 0.3 is 6.61 Å². The molecule has 1 atom stereocenters. The lowest BCUT2D eigenvalue weighted by Gasteiger charge is -2.18. The standard InChI is InChI=1S/C19H26F2N2O4/c1-12(2)10-23-11-14(9-17(23)24)18(25)22-7-6-13-4-5-15(27-19(20)21)16(8-13)26-3/h4-5,8,12,14,19H,6-7,9-11H2,1-3H3,(H,22,25). The number of carbonyl (C=O) groups excluding carboxylic acids is 2. The van der Waals surface area contributed by atoms with Crippen molar-refractivity contribution in [3.8, 4) is 11.5 Å². The van der Waals surface area contributed by atoms with Crippen molar-refractivity contribution in [2.75, 3.05) is 26.7 Å². The van der Waals surface area contributed by atoms with E-state index in [4.69, 9.17) is 4.74 Å². The quantitative estimate of drug-likeness (QED) is 0.710. The third-order valence-electron chi connectivity index (χ3n) is 4.33. The number of nitrogens with zero attached hydrogens (tertiary/aromatic N) is 1. The maximum Gasteiger partial charge on any atom is 0.387 e. The highest BCUT2D eigenvalue weighted by molar-refractivity contribution is 5.89. The number of rotatable bonds is 9. The second-order valence-electron chi connectivity index (χ2n) is 7.00. The molecule has 27 heavy (non-hydrogen) atoms. The number of amides is 2. The van der Waals surface area contributed by atoms with Gasteiger partial charge in [-0.2, -0.15) is 8.78 Å². The first kappa shape index (κ1) is 20.9. The molecular weight excluding hydrogens is 358 g/mol. The van der Waals surface area contributed by atoms with Crippen LogP contribution in [0.1, 0.15) is 25.8 Å². The van der Waals surface area contributed by atoms with Crippen LogP contribution in [0.25, 0.3) is 0 Å². The molecule has 0 spiro atoms. The molecule has 8 heteroatoms. The molecule has 150 valence electrons. The van der Waals surface area contributed by atoms with E-state index >= 15 is 0 Å². The van der Waals surface area contributed by atoms with E-state index in [0.717, 1.165) is 5.56 Å². The summed E-state index contributed by atoms with van der Waals surface area (Å²) in [6.07, 6.45) is 0.749. The van der Waals surface area contributed by atoms with Crippen LogP contribution in [0.15, 0.2) is 18.2 Å². The number of likely N-dealkylation sites (tertiary alicyclic amines) is 1. The summed E-state index contributed by atoms with van der Waals surface area (Å²) in [5.41, 5.74) is 0.817. The monoisotopic (exact) mass is 384 g/mol. The van der Waals surface area contributed by atoms with Crippen molar-refractivity contribution in [3.63, 3.8) is 0 Å². The van der Waals surface area contributed by atoms with Crippen molar-refractivity contribution in [3.05, 3.63) is 23.8 Å². The average molecular weight is 384 g/mol.